The van der Waals surface area contributed by atoms with Gasteiger partial charge in [-0.1, -0.05) is 0 Å². The zero-order valence-electron chi connectivity index (χ0n) is 13.9. The van der Waals surface area contributed by atoms with Gasteiger partial charge in [0.05, 0.1) is 11.1 Å². The molecule has 0 saturated carbocycles. The number of amides is 1. The Morgan fingerprint density at radius 1 is 1.36 bits per heavy atom. The molecule has 0 unspecified atom stereocenters. The summed E-state index contributed by atoms with van der Waals surface area (Å²) >= 11 is 0. The first-order valence-electron chi connectivity index (χ1n) is 8.07. The third-order valence-corrected chi connectivity index (χ3v) is 4.62. The van der Waals surface area contributed by atoms with Crippen molar-refractivity contribution in [1.82, 2.24) is 20.1 Å². The summed E-state index contributed by atoms with van der Waals surface area (Å²) in [7, 11) is 0. The number of hydrogen-bond donors (Lipinski definition) is 2. The maximum Gasteiger partial charge on any atom is 0.311 e. The molecule has 0 spiro atoms. The van der Waals surface area contributed by atoms with Crippen molar-refractivity contribution in [2.75, 3.05) is 19.8 Å². The zero-order chi connectivity index (χ0) is 17.9. The average molecular weight is 344 g/mol. The molecule has 132 valence electrons. The van der Waals surface area contributed by atoms with Crippen LogP contribution in [0.4, 0.5) is 0 Å². The molecular formula is C17H20N4O4. The van der Waals surface area contributed by atoms with E-state index in [1.165, 1.54) is 6.33 Å². The zero-order valence-corrected chi connectivity index (χ0v) is 13.9. The summed E-state index contributed by atoms with van der Waals surface area (Å²) in [5, 5.41) is 16.4. The third kappa shape index (κ3) is 3.53. The van der Waals surface area contributed by atoms with Crippen LogP contribution in [0.25, 0.3) is 5.69 Å². The van der Waals surface area contributed by atoms with Crippen LogP contribution in [0.3, 0.4) is 0 Å². The molecule has 0 radical (unpaired) electrons. The van der Waals surface area contributed by atoms with Gasteiger partial charge in [0.15, 0.2) is 0 Å². The van der Waals surface area contributed by atoms with Gasteiger partial charge in [0.25, 0.3) is 5.91 Å². The molecular weight excluding hydrogens is 324 g/mol. The van der Waals surface area contributed by atoms with Crippen LogP contribution in [0.2, 0.25) is 0 Å². The van der Waals surface area contributed by atoms with Crippen LogP contribution < -0.4 is 5.32 Å². The van der Waals surface area contributed by atoms with Crippen molar-refractivity contribution in [3.8, 4) is 5.69 Å². The van der Waals surface area contributed by atoms with Gasteiger partial charge in [-0.15, -0.1) is 0 Å². The lowest BCUT2D eigenvalue weighted by Crippen LogP contribution is -2.46. The third-order valence-electron chi connectivity index (χ3n) is 4.62. The summed E-state index contributed by atoms with van der Waals surface area (Å²) in [6, 6.07) is 5.24. The number of aryl methyl sites for hydroxylation is 1. The Morgan fingerprint density at radius 3 is 2.72 bits per heavy atom. The van der Waals surface area contributed by atoms with Crippen LogP contribution in [-0.2, 0) is 9.53 Å². The Kier molecular flexibility index (Phi) is 4.80. The number of carboxylic acid groups (broad SMARTS) is 1. The minimum atomic E-state index is -0.955. The fourth-order valence-corrected chi connectivity index (χ4v) is 2.97. The number of rotatable bonds is 5. The lowest BCUT2D eigenvalue weighted by atomic mass is 9.80. The highest BCUT2D eigenvalue weighted by Crippen LogP contribution is 2.30. The van der Waals surface area contributed by atoms with E-state index in [-0.39, 0.29) is 12.5 Å². The molecule has 1 aliphatic rings. The van der Waals surface area contributed by atoms with Crippen LogP contribution in [0.1, 0.15) is 28.8 Å². The normalized spacial score (nSPS) is 16.4. The van der Waals surface area contributed by atoms with Gasteiger partial charge in [0.2, 0.25) is 0 Å². The molecule has 3 rings (SSSR count). The molecule has 2 N–H and O–H groups in total. The first-order chi connectivity index (χ1) is 12.0. The Labute approximate surface area is 144 Å². The molecule has 0 atom stereocenters. The number of aromatic nitrogens is 3. The molecule has 1 aromatic heterocycles. The van der Waals surface area contributed by atoms with Crippen LogP contribution >= 0.6 is 0 Å². The fourth-order valence-electron chi connectivity index (χ4n) is 2.97. The van der Waals surface area contributed by atoms with Gasteiger partial charge >= 0.3 is 5.97 Å². The summed E-state index contributed by atoms with van der Waals surface area (Å²) in [5.41, 5.74) is 1.23. The number of nitrogens with zero attached hydrogens (tertiary/aromatic N) is 3. The Morgan fingerprint density at radius 2 is 2.12 bits per heavy atom. The molecule has 1 saturated heterocycles. The first-order valence-corrected chi connectivity index (χ1v) is 8.07. The van der Waals surface area contributed by atoms with Gasteiger partial charge in [-0.3, -0.25) is 9.59 Å². The molecule has 2 heterocycles. The van der Waals surface area contributed by atoms with Crippen LogP contribution in [0, 0.1) is 12.3 Å². The monoisotopic (exact) mass is 344 g/mol. The number of aliphatic carboxylic acids is 1. The Balaban J connectivity index is 1.71. The minimum absolute atomic E-state index is 0.0917. The average Bonchev–Trinajstić information content (AvgIpc) is 3.14. The van der Waals surface area contributed by atoms with Crippen molar-refractivity contribution in [2.24, 2.45) is 5.41 Å². The van der Waals surface area contributed by atoms with Crippen LogP contribution in [-0.4, -0.2) is 51.5 Å². The summed E-state index contributed by atoms with van der Waals surface area (Å²) in [5.74, 6) is -1.19. The quantitative estimate of drug-likeness (QED) is 0.844. The van der Waals surface area contributed by atoms with Crippen molar-refractivity contribution in [3.05, 3.63) is 42.0 Å². The van der Waals surface area contributed by atoms with E-state index in [9.17, 15) is 14.7 Å². The fraction of sp³-hybridized carbons (Fsp3) is 0.412. The van der Waals surface area contributed by atoms with E-state index in [0.717, 1.165) is 11.3 Å². The van der Waals surface area contributed by atoms with E-state index in [0.29, 0.717) is 31.6 Å². The van der Waals surface area contributed by atoms with Crippen molar-refractivity contribution in [3.63, 3.8) is 0 Å². The van der Waals surface area contributed by atoms with E-state index in [2.05, 4.69) is 15.4 Å². The number of ether oxygens (including phenoxy) is 1. The lowest BCUT2D eigenvalue weighted by Gasteiger charge is -2.33. The molecule has 25 heavy (non-hydrogen) atoms. The van der Waals surface area contributed by atoms with E-state index in [1.54, 1.807) is 29.2 Å². The number of carboxylic acids is 1. The van der Waals surface area contributed by atoms with Gasteiger partial charge in [-0.2, -0.15) is 5.10 Å². The smallest absolute Gasteiger partial charge is 0.311 e. The topological polar surface area (TPSA) is 106 Å². The second-order valence-corrected chi connectivity index (χ2v) is 6.22. The van der Waals surface area contributed by atoms with Gasteiger partial charge < -0.3 is 15.2 Å². The maximum absolute atomic E-state index is 12.4. The maximum atomic E-state index is 12.4. The predicted molar refractivity (Wildman–Crippen MR) is 88.6 cm³/mol. The van der Waals surface area contributed by atoms with E-state index in [4.69, 9.17) is 4.74 Å². The van der Waals surface area contributed by atoms with Gasteiger partial charge in [-0.25, -0.2) is 9.67 Å². The van der Waals surface area contributed by atoms with Crippen molar-refractivity contribution in [1.29, 1.82) is 0 Å². The molecule has 2 aromatic rings. The highest BCUT2D eigenvalue weighted by Gasteiger charge is 2.40. The summed E-state index contributed by atoms with van der Waals surface area (Å²) in [6.45, 7) is 2.77. The number of carbonyl (C=O) groups is 2. The second-order valence-electron chi connectivity index (χ2n) is 6.22. The Hall–Kier alpha value is -2.74. The number of benzene rings is 1. The standard InChI is InChI=1S/C17H20N4O4/c1-12-8-13(2-3-14(12)21-11-18-10-20-21)15(22)19-9-17(16(23)24)4-6-25-7-5-17/h2-3,8,10-11H,4-7,9H2,1H3,(H,19,22)(H,23,24). The van der Waals surface area contributed by atoms with E-state index < -0.39 is 11.4 Å². The van der Waals surface area contributed by atoms with Crippen molar-refractivity contribution >= 4 is 11.9 Å². The summed E-state index contributed by atoms with van der Waals surface area (Å²) < 4.78 is 6.86. The second kappa shape index (κ2) is 7.02. The molecule has 1 fully saturated rings. The molecule has 1 aromatic carbocycles. The van der Waals surface area contributed by atoms with Gasteiger partial charge in [-0.05, 0) is 43.5 Å². The van der Waals surface area contributed by atoms with Crippen LogP contribution in [0.5, 0.6) is 0 Å². The van der Waals surface area contributed by atoms with Crippen LogP contribution in [0.15, 0.2) is 30.9 Å². The number of hydrogen-bond acceptors (Lipinski definition) is 5. The largest absolute Gasteiger partial charge is 0.481 e. The SMILES string of the molecule is Cc1cc(C(=O)NCC2(C(=O)O)CCOCC2)ccc1-n1cncn1. The lowest BCUT2D eigenvalue weighted by molar-refractivity contribution is -0.154. The number of nitrogens with one attached hydrogen (secondary N) is 1. The molecule has 1 amide bonds. The van der Waals surface area contributed by atoms with Crippen molar-refractivity contribution in [2.45, 2.75) is 19.8 Å². The van der Waals surface area contributed by atoms with E-state index in [1.807, 2.05) is 6.92 Å². The molecule has 0 bridgehead atoms. The highest BCUT2D eigenvalue weighted by molar-refractivity contribution is 5.95. The van der Waals surface area contributed by atoms with E-state index >= 15 is 0 Å². The summed E-state index contributed by atoms with van der Waals surface area (Å²) in [4.78, 5) is 28.0. The molecule has 8 nitrogen and oxygen atoms in total. The molecule has 1 aliphatic heterocycles. The predicted octanol–water partition coefficient (Wildman–Crippen LogP) is 1.19. The van der Waals surface area contributed by atoms with Gasteiger partial charge in [0, 0.05) is 25.3 Å². The molecule has 8 heteroatoms. The first kappa shape index (κ1) is 17.1. The molecule has 0 aliphatic carbocycles. The Bertz CT molecular complexity index is 767. The van der Waals surface area contributed by atoms with Crippen molar-refractivity contribution < 1.29 is 19.4 Å². The number of carbonyl (C=O) groups excluding carboxylic acids is 1. The summed E-state index contributed by atoms with van der Waals surface area (Å²) in [6.07, 6.45) is 3.82. The van der Waals surface area contributed by atoms with Gasteiger partial charge in [0.1, 0.15) is 12.7 Å². The highest BCUT2D eigenvalue weighted by atomic mass is 16.5. The minimum Gasteiger partial charge on any atom is -0.481 e.